The van der Waals surface area contributed by atoms with Crippen LogP contribution in [0.3, 0.4) is 0 Å². The molecule has 1 aliphatic carbocycles. The molecule has 5 heteroatoms. The smallest absolute Gasteiger partial charge is 0.315 e. The normalized spacial score (nSPS) is 28.0. The van der Waals surface area contributed by atoms with E-state index in [0.717, 1.165) is 49.3 Å². The van der Waals surface area contributed by atoms with Crippen LogP contribution in [-0.4, -0.2) is 36.8 Å². The number of rotatable bonds is 4. The molecule has 0 N–H and O–H groups in total. The summed E-state index contributed by atoms with van der Waals surface area (Å²) >= 11 is 0. The first-order chi connectivity index (χ1) is 13.1. The van der Waals surface area contributed by atoms with Gasteiger partial charge in [-0.1, -0.05) is 30.3 Å². The summed E-state index contributed by atoms with van der Waals surface area (Å²) < 4.78 is 11.2. The highest BCUT2D eigenvalue weighted by atomic mass is 16.6. The second-order valence-electron chi connectivity index (χ2n) is 7.52. The number of esters is 1. The van der Waals surface area contributed by atoms with E-state index in [4.69, 9.17) is 9.47 Å². The third-order valence-electron chi connectivity index (χ3n) is 5.68. The maximum absolute atomic E-state index is 13.0. The van der Waals surface area contributed by atoms with Crippen LogP contribution in [0.2, 0.25) is 0 Å². The Morgan fingerprint density at radius 2 is 2.04 bits per heavy atom. The Morgan fingerprint density at radius 1 is 1.22 bits per heavy atom. The quantitative estimate of drug-likeness (QED) is 0.763. The lowest BCUT2D eigenvalue weighted by molar-refractivity contribution is -0.149. The summed E-state index contributed by atoms with van der Waals surface area (Å²) in [4.78, 5) is 30.4. The standard InChI is InChI=1S/C22H25NO4/c1-14-19(22(25)27-13-16-9-6-12-26-16)20(15-7-3-2-4-8-15)21-17(23-14)10-5-11-18(21)24/h2-4,7-8,16,19-20H,5-6,9-13H2,1H3/t16-,19?,20+/m0/s1. The molecule has 1 saturated heterocycles. The van der Waals surface area contributed by atoms with Gasteiger partial charge in [0.25, 0.3) is 0 Å². The van der Waals surface area contributed by atoms with Crippen LogP contribution in [-0.2, 0) is 19.1 Å². The number of hydrogen-bond acceptors (Lipinski definition) is 5. The largest absolute Gasteiger partial charge is 0.462 e. The van der Waals surface area contributed by atoms with E-state index in [1.165, 1.54) is 0 Å². The highest BCUT2D eigenvalue weighted by molar-refractivity contribution is 6.08. The maximum Gasteiger partial charge on any atom is 0.315 e. The van der Waals surface area contributed by atoms with Gasteiger partial charge in [-0.25, -0.2) is 0 Å². The Hall–Kier alpha value is -2.27. The number of ether oxygens (including phenoxy) is 2. The van der Waals surface area contributed by atoms with Gasteiger partial charge in [0, 0.05) is 35.9 Å². The Labute approximate surface area is 159 Å². The van der Waals surface area contributed by atoms with Crippen molar-refractivity contribution in [2.75, 3.05) is 13.2 Å². The second kappa shape index (κ2) is 7.77. The molecule has 142 valence electrons. The summed E-state index contributed by atoms with van der Waals surface area (Å²) in [6.45, 7) is 2.87. The van der Waals surface area contributed by atoms with E-state index >= 15 is 0 Å². The third kappa shape index (κ3) is 3.61. The fourth-order valence-electron chi connectivity index (χ4n) is 4.37. The molecule has 1 aromatic rings. The summed E-state index contributed by atoms with van der Waals surface area (Å²) in [5, 5.41) is 0. The van der Waals surface area contributed by atoms with Gasteiger partial charge in [-0.15, -0.1) is 0 Å². The molecule has 0 radical (unpaired) electrons. The van der Waals surface area contributed by atoms with Crippen LogP contribution < -0.4 is 0 Å². The maximum atomic E-state index is 13.0. The zero-order chi connectivity index (χ0) is 18.8. The van der Waals surface area contributed by atoms with Crippen LogP contribution in [0.4, 0.5) is 0 Å². The van der Waals surface area contributed by atoms with Crippen molar-refractivity contribution in [2.24, 2.45) is 10.9 Å². The molecule has 1 fully saturated rings. The predicted molar refractivity (Wildman–Crippen MR) is 102 cm³/mol. The van der Waals surface area contributed by atoms with Crippen molar-refractivity contribution in [3.8, 4) is 0 Å². The van der Waals surface area contributed by atoms with Gasteiger partial charge < -0.3 is 9.47 Å². The van der Waals surface area contributed by atoms with Gasteiger partial charge in [0.2, 0.25) is 0 Å². The molecule has 3 aliphatic rings. The molecule has 3 atom stereocenters. The zero-order valence-electron chi connectivity index (χ0n) is 15.6. The highest BCUT2D eigenvalue weighted by Gasteiger charge is 2.43. The minimum atomic E-state index is -0.561. The van der Waals surface area contributed by atoms with Crippen LogP contribution in [0.15, 0.2) is 46.6 Å². The van der Waals surface area contributed by atoms with Crippen LogP contribution in [0.5, 0.6) is 0 Å². The van der Waals surface area contributed by atoms with Crippen LogP contribution in [0, 0.1) is 5.92 Å². The molecule has 0 saturated carbocycles. The van der Waals surface area contributed by atoms with E-state index in [1.54, 1.807) is 0 Å². The van der Waals surface area contributed by atoms with Gasteiger partial charge in [0.15, 0.2) is 5.78 Å². The molecular weight excluding hydrogens is 342 g/mol. The number of allylic oxidation sites excluding steroid dienone is 2. The molecule has 1 unspecified atom stereocenters. The third-order valence-corrected chi connectivity index (χ3v) is 5.68. The fraction of sp³-hybridized carbons (Fsp3) is 0.500. The Balaban J connectivity index is 1.66. The number of hydrogen-bond donors (Lipinski definition) is 0. The monoisotopic (exact) mass is 367 g/mol. The number of carbonyl (C=O) groups is 2. The lowest BCUT2D eigenvalue weighted by atomic mass is 9.72. The zero-order valence-corrected chi connectivity index (χ0v) is 15.6. The number of nitrogens with zero attached hydrogens (tertiary/aromatic N) is 1. The number of Topliss-reactive ketones (excluding diaryl/α,β-unsaturated/α-hetero) is 1. The van der Waals surface area contributed by atoms with Gasteiger partial charge >= 0.3 is 5.97 Å². The first-order valence-electron chi connectivity index (χ1n) is 9.79. The van der Waals surface area contributed by atoms with Crippen molar-refractivity contribution in [1.82, 2.24) is 0 Å². The first kappa shape index (κ1) is 18.1. The summed E-state index contributed by atoms with van der Waals surface area (Å²) in [6, 6.07) is 9.79. The summed E-state index contributed by atoms with van der Waals surface area (Å²) in [6.07, 6.45) is 4.04. The molecule has 2 heterocycles. The minimum absolute atomic E-state index is 0.0175. The van der Waals surface area contributed by atoms with Crippen molar-refractivity contribution in [2.45, 2.75) is 51.0 Å². The average molecular weight is 367 g/mol. The van der Waals surface area contributed by atoms with E-state index in [-0.39, 0.29) is 30.4 Å². The molecule has 4 rings (SSSR count). The lowest BCUT2D eigenvalue weighted by Gasteiger charge is -2.34. The van der Waals surface area contributed by atoms with Crippen LogP contribution >= 0.6 is 0 Å². The van der Waals surface area contributed by atoms with E-state index in [1.807, 2.05) is 37.3 Å². The summed E-state index contributed by atoms with van der Waals surface area (Å²) in [5.41, 5.74) is 3.25. The van der Waals surface area contributed by atoms with Gasteiger partial charge in [-0.05, 0) is 38.2 Å². The van der Waals surface area contributed by atoms with Crippen LogP contribution in [0.1, 0.15) is 50.5 Å². The average Bonchev–Trinajstić information content (AvgIpc) is 3.19. The molecule has 27 heavy (non-hydrogen) atoms. The van der Waals surface area contributed by atoms with E-state index in [9.17, 15) is 9.59 Å². The second-order valence-corrected chi connectivity index (χ2v) is 7.52. The van der Waals surface area contributed by atoms with Crippen molar-refractivity contribution < 1.29 is 19.1 Å². The van der Waals surface area contributed by atoms with Gasteiger partial charge in [-0.2, -0.15) is 0 Å². The lowest BCUT2D eigenvalue weighted by Crippen LogP contribution is -2.38. The molecule has 1 aromatic carbocycles. The number of benzene rings is 1. The van der Waals surface area contributed by atoms with Gasteiger partial charge in [0.1, 0.15) is 12.5 Å². The number of aliphatic imine (C=N–C) groups is 1. The van der Waals surface area contributed by atoms with Crippen LogP contribution in [0.25, 0.3) is 0 Å². The molecule has 0 aromatic heterocycles. The SMILES string of the molecule is CC1=NC2=C(C(=O)CCC2)[C@H](c2ccccc2)C1C(=O)OC[C@@H]1CCCO1. The van der Waals surface area contributed by atoms with Gasteiger partial charge in [-0.3, -0.25) is 14.6 Å². The Kier molecular flexibility index (Phi) is 5.21. The predicted octanol–water partition coefficient (Wildman–Crippen LogP) is 3.59. The number of ketones is 1. The molecule has 0 amide bonds. The van der Waals surface area contributed by atoms with Gasteiger partial charge in [0.05, 0.1) is 6.10 Å². The number of carbonyl (C=O) groups excluding carboxylic acids is 2. The molecule has 2 aliphatic heterocycles. The molecule has 5 nitrogen and oxygen atoms in total. The van der Waals surface area contributed by atoms with Crippen molar-refractivity contribution >= 4 is 17.5 Å². The van der Waals surface area contributed by atoms with Crippen molar-refractivity contribution in [3.63, 3.8) is 0 Å². The minimum Gasteiger partial charge on any atom is -0.462 e. The molecular formula is C22H25NO4. The molecule has 0 spiro atoms. The summed E-state index contributed by atoms with van der Waals surface area (Å²) in [5.74, 6) is -1.08. The van der Waals surface area contributed by atoms with E-state index < -0.39 is 5.92 Å². The van der Waals surface area contributed by atoms with E-state index in [2.05, 4.69) is 4.99 Å². The Morgan fingerprint density at radius 3 is 2.78 bits per heavy atom. The Bertz CT molecular complexity index is 790. The van der Waals surface area contributed by atoms with Crippen molar-refractivity contribution in [1.29, 1.82) is 0 Å². The molecule has 0 bridgehead atoms. The highest BCUT2D eigenvalue weighted by Crippen LogP contribution is 2.43. The van der Waals surface area contributed by atoms with E-state index in [0.29, 0.717) is 12.0 Å². The fourth-order valence-corrected chi connectivity index (χ4v) is 4.37. The first-order valence-corrected chi connectivity index (χ1v) is 9.79. The van der Waals surface area contributed by atoms with Crippen molar-refractivity contribution in [3.05, 3.63) is 47.2 Å². The topological polar surface area (TPSA) is 65.0 Å². The summed E-state index contributed by atoms with van der Waals surface area (Å²) in [7, 11) is 0.